The summed E-state index contributed by atoms with van der Waals surface area (Å²) in [5.74, 6) is -0.315. The van der Waals surface area contributed by atoms with Crippen LogP contribution in [-0.2, 0) is 11.3 Å². The second kappa shape index (κ2) is 9.55. The van der Waals surface area contributed by atoms with E-state index in [4.69, 9.17) is 4.74 Å². The number of aryl methyl sites for hydroxylation is 1. The van der Waals surface area contributed by atoms with Crippen LogP contribution in [0.15, 0.2) is 55.1 Å². The molecule has 156 valence electrons. The summed E-state index contributed by atoms with van der Waals surface area (Å²) in [5.41, 5.74) is 2.11. The van der Waals surface area contributed by atoms with Crippen molar-refractivity contribution in [1.82, 2.24) is 30.3 Å². The van der Waals surface area contributed by atoms with Gasteiger partial charge in [-0.05, 0) is 19.3 Å². The maximum Gasteiger partial charge on any atom is 0.271 e. The van der Waals surface area contributed by atoms with E-state index in [1.165, 1.54) is 18.6 Å². The molecule has 0 spiro atoms. The molecule has 0 aliphatic carbocycles. The number of carbonyl (C=O) groups is 1. The second-order valence-corrected chi connectivity index (χ2v) is 7.25. The zero-order valence-corrected chi connectivity index (χ0v) is 16.5. The molecule has 0 bridgehead atoms. The number of aliphatic hydroxyl groups excluding tert-OH is 1. The quantitative estimate of drug-likeness (QED) is 0.608. The molecule has 3 aromatic rings. The highest BCUT2D eigenvalue weighted by molar-refractivity contribution is 5.92. The molecule has 1 fully saturated rings. The number of aliphatic hydroxyl groups is 1. The average Bonchev–Trinajstić information content (AvgIpc) is 3.28. The molecule has 9 nitrogen and oxygen atoms in total. The summed E-state index contributed by atoms with van der Waals surface area (Å²) in [7, 11) is 0. The van der Waals surface area contributed by atoms with Gasteiger partial charge in [-0.1, -0.05) is 35.5 Å². The number of carbonyl (C=O) groups excluding carboxylic acids is 1. The van der Waals surface area contributed by atoms with E-state index in [2.05, 4.69) is 25.6 Å². The Bertz CT molecular complexity index is 950. The first-order valence-electron chi connectivity index (χ1n) is 10.0. The highest BCUT2D eigenvalue weighted by Crippen LogP contribution is 2.23. The van der Waals surface area contributed by atoms with Gasteiger partial charge in [0.2, 0.25) is 0 Å². The van der Waals surface area contributed by atoms with Crippen LogP contribution in [0.1, 0.15) is 29.8 Å². The van der Waals surface area contributed by atoms with E-state index in [-0.39, 0.29) is 30.4 Å². The first-order valence-corrected chi connectivity index (χ1v) is 10.0. The third-order valence-electron chi connectivity index (χ3n) is 5.20. The number of benzene rings is 1. The molecule has 30 heavy (non-hydrogen) atoms. The number of amides is 1. The first kappa shape index (κ1) is 20.1. The summed E-state index contributed by atoms with van der Waals surface area (Å²) in [4.78, 5) is 20.2. The SMILES string of the molecule is O=C(N[C@H]1CC[C@@H](CCn2cc(-c3ccccc3)nn2)O[C@H]1CO)c1cnccn1. The lowest BCUT2D eigenvalue weighted by molar-refractivity contribution is -0.0912. The van der Waals surface area contributed by atoms with Crippen molar-refractivity contribution in [2.75, 3.05) is 6.61 Å². The van der Waals surface area contributed by atoms with Gasteiger partial charge in [-0.2, -0.15) is 0 Å². The molecule has 0 unspecified atom stereocenters. The van der Waals surface area contributed by atoms with E-state index in [9.17, 15) is 9.90 Å². The summed E-state index contributed by atoms with van der Waals surface area (Å²) >= 11 is 0. The fraction of sp³-hybridized carbons (Fsp3) is 0.381. The van der Waals surface area contributed by atoms with Crippen LogP contribution in [0.2, 0.25) is 0 Å². The summed E-state index contributed by atoms with van der Waals surface area (Å²) in [5, 5.41) is 21.1. The molecular weight excluding hydrogens is 384 g/mol. The van der Waals surface area contributed by atoms with Crippen molar-refractivity contribution in [3.8, 4) is 11.3 Å². The average molecular weight is 408 g/mol. The van der Waals surface area contributed by atoms with E-state index >= 15 is 0 Å². The fourth-order valence-corrected chi connectivity index (χ4v) is 3.59. The predicted octanol–water partition coefficient (Wildman–Crippen LogP) is 1.46. The van der Waals surface area contributed by atoms with Crippen molar-refractivity contribution in [1.29, 1.82) is 0 Å². The fourth-order valence-electron chi connectivity index (χ4n) is 3.59. The van der Waals surface area contributed by atoms with Gasteiger partial charge in [0.1, 0.15) is 17.5 Å². The van der Waals surface area contributed by atoms with Crippen LogP contribution in [0.25, 0.3) is 11.3 Å². The van der Waals surface area contributed by atoms with Gasteiger partial charge in [0.25, 0.3) is 5.91 Å². The Balaban J connectivity index is 1.29. The third kappa shape index (κ3) is 4.87. The highest BCUT2D eigenvalue weighted by Gasteiger charge is 2.32. The van der Waals surface area contributed by atoms with Gasteiger partial charge < -0.3 is 15.2 Å². The Hall–Kier alpha value is -3.17. The molecule has 1 aliphatic heterocycles. The predicted molar refractivity (Wildman–Crippen MR) is 108 cm³/mol. The number of hydrogen-bond donors (Lipinski definition) is 2. The summed E-state index contributed by atoms with van der Waals surface area (Å²) in [6.07, 6.45) is 8.09. The van der Waals surface area contributed by atoms with Crippen LogP contribution in [0.4, 0.5) is 0 Å². The van der Waals surface area contributed by atoms with Gasteiger partial charge in [0.05, 0.1) is 31.1 Å². The van der Waals surface area contributed by atoms with Gasteiger partial charge in [0, 0.05) is 24.5 Å². The molecule has 0 saturated carbocycles. The molecule has 1 amide bonds. The molecular formula is C21H24N6O3. The summed E-state index contributed by atoms with van der Waals surface area (Å²) in [6.45, 7) is 0.503. The standard InChI is InChI=1S/C21H24N6O3/c28-14-20-17(24-21(29)18-12-22-9-10-23-18)7-6-16(30-20)8-11-27-13-19(25-26-27)15-4-2-1-3-5-15/h1-5,9-10,12-13,16-17,20,28H,6-8,11,14H2,(H,24,29)/t16-,17-,20-/m0/s1. The number of hydrogen-bond acceptors (Lipinski definition) is 7. The van der Waals surface area contributed by atoms with Crippen molar-refractivity contribution in [2.45, 2.75) is 44.1 Å². The zero-order chi connectivity index (χ0) is 20.8. The Morgan fingerprint density at radius 2 is 2.10 bits per heavy atom. The molecule has 1 aliphatic rings. The number of nitrogens with one attached hydrogen (secondary N) is 1. The molecule has 3 atom stereocenters. The number of aromatic nitrogens is 5. The van der Waals surface area contributed by atoms with Crippen molar-refractivity contribution < 1.29 is 14.6 Å². The second-order valence-electron chi connectivity index (χ2n) is 7.25. The zero-order valence-electron chi connectivity index (χ0n) is 16.5. The normalized spacial score (nSPS) is 21.3. The van der Waals surface area contributed by atoms with Crippen LogP contribution in [-0.4, -0.2) is 60.8 Å². The lowest BCUT2D eigenvalue weighted by Gasteiger charge is -2.36. The number of rotatable bonds is 7. The van der Waals surface area contributed by atoms with Crippen LogP contribution in [0.5, 0.6) is 0 Å². The molecule has 9 heteroatoms. The number of nitrogens with zero attached hydrogens (tertiary/aromatic N) is 5. The summed E-state index contributed by atoms with van der Waals surface area (Å²) < 4.78 is 7.84. The van der Waals surface area contributed by atoms with Crippen LogP contribution >= 0.6 is 0 Å². The first-order chi connectivity index (χ1) is 14.7. The summed E-state index contributed by atoms with van der Waals surface area (Å²) in [6, 6.07) is 9.64. The Morgan fingerprint density at radius 3 is 2.87 bits per heavy atom. The highest BCUT2D eigenvalue weighted by atomic mass is 16.5. The van der Waals surface area contributed by atoms with E-state index in [1.807, 2.05) is 41.2 Å². The Morgan fingerprint density at radius 1 is 1.23 bits per heavy atom. The van der Waals surface area contributed by atoms with Crippen LogP contribution in [0, 0.1) is 0 Å². The van der Waals surface area contributed by atoms with E-state index in [0.29, 0.717) is 13.0 Å². The molecule has 1 saturated heterocycles. The Kier molecular flexibility index (Phi) is 6.41. The topological polar surface area (TPSA) is 115 Å². The maximum absolute atomic E-state index is 12.3. The number of ether oxygens (including phenoxy) is 1. The monoisotopic (exact) mass is 408 g/mol. The maximum atomic E-state index is 12.3. The van der Waals surface area contributed by atoms with Crippen molar-refractivity contribution >= 4 is 5.91 Å². The van der Waals surface area contributed by atoms with Gasteiger partial charge >= 0.3 is 0 Å². The molecule has 2 aromatic heterocycles. The van der Waals surface area contributed by atoms with Crippen molar-refractivity contribution in [3.63, 3.8) is 0 Å². The van der Waals surface area contributed by atoms with Crippen molar-refractivity contribution in [3.05, 3.63) is 60.8 Å². The molecule has 0 radical (unpaired) electrons. The van der Waals surface area contributed by atoms with E-state index in [1.54, 1.807) is 0 Å². The minimum atomic E-state index is -0.458. The third-order valence-corrected chi connectivity index (χ3v) is 5.20. The van der Waals surface area contributed by atoms with Crippen LogP contribution in [0.3, 0.4) is 0 Å². The van der Waals surface area contributed by atoms with Gasteiger partial charge in [-0.3, -0.25) is 14.5 Å². The smallest absolute Gasteiger partial charge is 0.271 e. The lowest BCUT2D eigenvalue weighted by Crippen LogP contribution is -2.51. The van der Waals surface area contributed by atoms with Gasteiger partial charge in [0.15, 0.2) is 0 Å². The lowest BCUT2D eigenvalue weighted by atomic mass is 9.97. The van der Waals surface area contributed by atoms with Crippen LogP contribution < -0.4 is 5.32 Å². The largest absolute Gasteiger partial charge is 0.394 e. The van der Waals surface area contributed by atoms with Gasteiger partial charge in [-0.25, -0.2) is 4.98 Å². The molecule has 1 aromatic carbocycles. The molecule has 2 N–H and O–H groups in total. The van der Waals surface area contributed by atoms with E-state index in [0.717, 1.165) is 24.1 Å². The minimum absolute atomic E-state index is 0.0174. The van der Waals surface area contributed by atoms with E-state index < -0.39 is 6.10 Å². The Labute approximate surface area is 174 Å². The molecule has 4 rings (SSSR count). The van der Waals surface area contributed by atoms with Crippen molar-refractivity contribution in [2.24, 2.45) is 0 Å². The molecule has 3 heterocycles. The van der Waals surface area contributed by atoms with Gasteiger partial charge in [-0.15, -0.1) is 5.10 Å². The minimum Gasteiger partial charge on any atom is -0.394 e.